The Morgan fingerprint density at radius 3 is 2.16 bits per heavy atom. The van der Waals surface area contributed by atoms with E-state index in [1.165, 1.54) is 18.8 Å². The molecule has 0 spiro atoms. The minimum atomic E-state index is -4.05. The zero-order chi connectivity index (χ0) is 14.8. The van der Waals surface area contributed by atoms with E-state index in [9.17, 15) is 21.6 Å². The summed E-state index contributed by atoms with van der Waals surface area (Å²) >= 11 is 1.44. The Morgan fingerprint density at radius 1 is 1.26 bits per heavy atom. The highest BCUT2D eigenvalue weighted by atomic mass is 32.2. The van der Waals surface area contributed by atoms with Crippen LogP contribution in [0.25, 0.3) is 0 Å². The van der Waals surface area contributed by atoms with Crippen LogP contribution in [-0.2, 0) is 10.0 Å². The first-order chi connectivity index (χ1) is 8.71. The van der Waals surface area contributed by atoms with Crippen LogP contribution in [-0.4, -0.2) is 37.8 Å². The Balaban J connectivity index is 3.21. The van der Waals surface area contributed by atoms with Gasteiger partial charge in [-0.05, 0) is 25.3 Å². The highest BCUT2D eigenvalue weighted by Gasteiger charge is 2.27. The molecule has 0 aliphatic heterocycles. The lowest BCUT2D eigenvalue weighted by Gasteiger charge is -2.23. The monoisotopic (exact) mass is 313 g/mol. The normalized spacial score (nSPS) is 13.8. The molecule has 0 N–H and O–H groups in total. The van der Waals surface area contributed by atoms with Gasteiger partial charge in [-0.25, -0.2) is 21.6 Å². The summed E-state index contributed by atoms with van der Waals surface area (Å²) in [7, 11) is -2.73. The smallest absolute Gasteiger partial charge is 0.207 e. The molecule has 0 unspecified atom stereocenters. The van der Waals surface area contributed by atoms with Crippen molar-refractivity contribution in [3.63, 3.8) is 0 Å². The summed E-state index contributed by atoms with van der Waals surface area (Å²) in [6.07, 6.45) is 1.81. The van der Waals surface area contributed by atoms with E-state index < -0.39 is 32.4 Å². The molecule has 1 aromatic carbocycles. The average Bonchev–Trinajstić information content (AvgIpc) is 2.34. The van der Waals surface area contributed by atoms with Crippen LogP contribution in [0, 0.1) is 17.5 Å². The summed E-state index contributed by atoms with van der Waals surface area (Å²) in [6.45, 7) is 1.67. The Labute approximate surface area is 114 Å². The predicted molar refractivity (Wildman–Crippen MR) is 69.1 cm³/mol. The summed E-state index contributed by atoms with van der Waals surface area (Å²) in [5, 5.41) is 0. The van der Waals surface area contributed by atoms with Gasteiger partial charge in [0.15, 0.2) is 17.5 Å². The third-order valence-corrected chi connectivity index (χ3v) is 5.43. The van der Waals surface area contributed by atoms with Crippen molar-refractivity contribution in [1.29, 1.82) is 0 Å². The van der Waals surface area contributed by atoms with E-state index >= 15 is 0 Å². The molecule has 0 amide bonds. The van der Waals surface area contributed by atoms with Crippen LogP contribution in [0.1, 0.15) is 6.92 Å². The Morgan fingerprint density at radius 2 is 1.74 bits per heavy atom. The SMILES string of the molecule is CSC[C@H](C)N(C)S(=O)(=O)c1cc(F)c(F)c(F)c1. The number of hydrogen-bond acceptors (Lipinski definition) is 3. The van der Waals surface area contributed by atoms with Gasteiger partial charge in [0, 0.05) is 18.8 Å². The lowest BCUT2D eigenvalue weighted by atomic mass is 10.3. The van der Waals surface area contributed by atoms with Crippen LogP contribution in [0.5, 0.6) is 0 Å². The molecular formula is C11H14F3NO2S2. The first kappa shape index (κ1) is 16.3. The Hall–Kier alpha value is -0.730. The van der Waals surface area contributed by atoms with E-state index in [2.05, 4.69) is 0 Å². The van der Waals surface area contributed by atoms with Gasteiger partial charge < -0.3 is 0 Å². The van der Waals surface area contributed by atoms with Crippen LogP contribution < -0.4 is 0 Å². The van der Waals surface area contributed by atoms with Gasteiger partial charge in [-0.1, -0.05) is 0 Å². The second-order valence-electron chi connectivity index (χ2n) is 4.03. The molecule has 0 bridgehead atoms. The van der Waals surface area contributed by atoms with Crippen LogP contribution in [0.2, 0.25) is 0 Å². The molecular weight excluding hydrogens is 299 g/mol. The van der Waals surface area contributed by atoms with Gasteiger partial charge in [-0.15, -0.1) is 0 Å². The third-order valence-electron chi connectivity index (χ3n) is 2.66. The molecule has 0 saturated heterocycles. The Kier molecular flexibility index (Phi) is 5.28. The number of thioether (sulfide) groups is 1. The van der Waals surface area contributed by atoms with Gasteiger partial charge >= 0.3 is 0 Å². The van der Waals surface area contributed by atoms with Crippen molar-refractivity contribution in [3.8, 4) is 0 Å². The quantitative estimate of drug-likeness (QED) is 0.784. The highest BCUT2D eigenvalue weighted by Crippen LogP contribution is 2.22. The highest BCUT2D eigenvalue weighted by molar-refractivity contribution is 7.98. The van der Waals surface area contributed by atoms with E-state index in [0.29, 0.717) is 17.9 Å². The molecule has 0 radical (unpaired) electrons. The largest absolute Gasteiger partial charge is 0.243 e. The maximum absolute atomic E-state index is 13.1. The number of halogens is 3. The second-order valence-corrected chi connectivity index (χ2v) is 6.93. The van der Waals surface area contributed by atoms with E-state index in [-0.39, 0.29) is 6.04 Å². The number of nitrogens with zero attached hydrogens (tertiary/aromatic N) is 1. The summed E-state index contributed by atoms with van der Waals surface area (Å²) < 4.78 is 64.2. The lowest BCUT2D eigenvalue weighted by molar-refractivity contribution is 0.410. The molecule has 8 heteroatoms. The van der Waals surface area contributed by atoms with Crippen LogP contribution in [0.4, 0.5) is 13.2 Å². The molecule has 0 aliphatic carbocycles. The third kappa shape index (κ3) is 3.43. The molecule has 0 aromatic heterocycles. The first-order valence-electron chi connectivity index (χ1n) is 5.33. The minimum absolute atomic E-state index is 0.351. The molecule has 1 rings (SSSR count). The van der Waals surface area contributed by atoms with Gasteiger partial charge in [-0.3, -0.25) is 0 Å². The maximum Gasteiger partial charge on any atom is 0.243 e. The lowest BCUT2D eigenvalue weighted by Crippen LogP contribution is -2.36. The average molecular weight is 313 g/mol. The summed E-state index contributed by atoms with van der Waals surface area (Å²) in [5.41, 5.74) is 0. The van der Waals surface area contributed by atoms with Crippen LogP contribution in [0.3, 0.4) is 0 Å². The van der Waals surface area contributed by atoms with Gasteiger partial charge in [-0.2, -0.15) is 16.1 Å². The molecule has 1 atom stereocenters. The molecule has 3 nitrogen and oxygen atoms in total. The van der Waals surface area contributed by atoms with Gasteiger partial charge in [0.05, 0.1) is 4.90 Å². The number of hydrogen-bond donors (Lipinski definition) is 0. The fourth-order valence-corrected chi connectivity index (χ4v) is 3.62. The van der Waals surface area contributed by atoms with E-state index in [1.807, 2.05) is 6.26 Å². The van der Waals surface area contributed by atoms with Gasteiger partial charge in [0.1, 0.15) is 0 Å². The zero-order valence-corrected chi connectivity index (χ0v) is 12.3. The number of sulfonamides is 1. The molecule has 19 heavy (non-hydrogen) atoms. The number of benzene rings is 1. The van der Waals surface area contributed by atoms with Crippen molar-refractivity contribution in [2.24, 2.45) is 0 Å². The predicted octanol–water partition coefficient (Wildman–Crippen LogP) is 2.48. The maximum atomic E-state index is 13.1. The molecule has 0 heterocycles. The molecule has 108 valence electrons. The van der Waals surface area contributed by atoms with Crippen LogP contribution in [0.15, 0.2) is 17.0 Å². The standard InChI is InChI=1S/C11H14F3NO2S2/c1-7(6-18-3)15(2)19(16,17)8-4-9(12)11(14)10(13)5-8/h4-5,7H,6H2,1-3H3/t7-/m0/s1. The fourth-order valence-electron chi connectivity index (χ4n) is 1.43. The number of rotatable bonds is 5. The van der Waals surface area contributed by atoms with E-state index in [4.69, 9.17) is 0 Å². The van der Waals surface area contributed by atoms with Crippen molar-refractivity contribution in [2.75, 3.05) is 19.1 Å². The molecule has 0 aliphatic rings. The first-order valence-corrected chi connectivity index (χ1v) is 8.16. The second kappa shape index (κ2) is 6.15. The summed E-state index contributed by atoms with van der Waals surface area (Å²) in [6, 6.07) is 0.614. The van der Waals surface area contributed by atoms with Crippen molar-refractivity contribution in [1.82, 2.24) is 4.31 Å². The van der Waals surface area contributed by atoms with Gasteiger partial charge in [0.25, 0.3) is 0 Å². The van der Waals surface area contributed by atoms with E-state index in [1.54, 1.807) is 6.92 Å². The summed E-state index contributed by atoms with van der Waals surface area (Å²) in [5.74, 6) is -4.20. The van der Waals surface area contributed by atoms with Crippen molar-refractivity contribution in [2.45, 2.75) is 17.9 Å². The minimum Gasteiger partial charge on any atom is -0.207 e. The topological polar surface area (TPSA) is 37.4 Å². The molecule has 0 saturated carbocycles. The van der Waals surface area contributed by atoms with Crippen LogP contribution >= 0.6 is 11.8 Å². The molecule has 0 fully saturated rings. The van der Waals surface area contributed by atoms with E-state index in [0.717, 1.165) is 4.31 Å². The van der Waals surface area contributed by atoms with Crippen molar-refractivity contribution in [3.05, 3.63) is 29.6 Å². The van der Waals surface area contributed by atoms with Gasteiger partial charge in [0.2, 0.25) is 10.0 Å². The van der Waals surface area contributed by atoms with Crippen molar-refractivity contribution >= 4 is 21.8 Å². The molecule has 1 aromatic rings. The van der Waals surface area contributed by atoms with Crippen molar-refractivity contribution < 1.29 is 21.6 Å². The Bertz CT molecular complexity index is 540. The fraction of sp³-hybridized carbons (Fsp3) is 0.455. The zero-order valence-electron chi connectivity index (χ0n) is 10.7. The summed E-state index contributed by atoms with van der Waals surface area (Å²) in [4.78, 5) is -0.598.